The Bertz CT molecular complexity index is 386. The van der Waals surface area contributed by atoms with Gasteiger partial charge < -0.3 is 4.74 Å². The van der Waals surface area contributed by atoms with E-state index in [-0.39, 0.29) is 6.10 Å². The number of hydrogen-bond acceptors (Lipinski definition) is 2. The summed E-state index contributed by atoms with van der Waals surface area (Å²) in [6, 6.07) is 10.7. The SMILES string of the molecule is c1ccc([C@@H]2CN(CCC3CCCCC3)CCO2)cc1. The van der Waals surface area contributed by atoms with Crippen molar-refractivity contribution in [3.05, 3.63) is 35.9 Å². The van der Waals surface area contributed by atoms with Crippen LogP contribution >= 0.6 is 0 Å². The minimum Gasteiger partial charge on any atom is -0.371 e. The summed E-state index contributed by atoms with van der Waals surface area (Å²) in [5.74, 6) is 0.988. The van der Waals surface area contributed by atoms with Crippen molar-refractivity contribution >= 4 is 0 Å². The first kappa shape index (κ1) is 14.1. The minimum atomic E-state index is 0.274. The van der Waals surface area contributed by atoms with E-state index in [1.165, 1.54) is 50.6 Å². The Kier molecular flexibility index (Phi) is 5.10. The molecule has 1 aliphatic heterocycles. The summed E-state index contributed by atoms with van der Waals surface area (Å²) < 4.78 is 5.94. The molecule has 2 nitrogen and oxygen atoms in total. The van der Waals surface area contributed by atoms with E-state index in [0.717, 1.165) is 25.6 Å². The zero-order valence-electron chi connectivity index (χ0n) is 12.5. The van der Waals surface area contributed by atoms with Crippen LogP contribution in [0.15, 0.2) is 30.3 Å². The van der Waals surface area contributed by atoms with E-state index in [0.29, 0.717) is 0 Å². The molecule has 0 amide bonds. The third-order valence-electron chi connectivity index (χ3n) is 4.90. The van der Waals surface area contributed by atoms with E-state index in [1.807, 2.05) is 0 Å². The van der Waals surface area contributed by atoms with Gasteiger partial charge in [-0.3, -0.25) is 4.90 Å². The number of morpholine rings is 1. The molecule has 20 heavy (non-hydrogen) atoms. The Morgan fingerprint density at radius 2 is 1.85 bits per heavy atom. The zero-order valence-corrected chi connectivity index (χ0v) is 12.5. The first-order chi connectivity index (χ1) is 9.92. The van der Waals surface area contributed by atoms with Gasteiger partial charge in [0.2, 0.25) is 0 Å². The molecule has 1 aliphatic carbocycles. The van der Waals surface area contributed by atoms with Crippen LogP contribution in [0.25, 0.3) is 0 Å². The monoisotopic (exact) mass is 273 g/mol. The number of ether oxygens (including phenoxy) is 1. The number of benzene rings is 1. The Morgan fingerprint density at radius 1 is 1.05 bits per heavy atom. The van der Waals surface area contributed by atoms with Gasteiger partial charge in [0, 0.05) is 13.1 Å². The molecular formula is C18H27NO. The highest BCUT2D eigenvalue weighted by Gasteiger charge is 2.22. The van der Waals surface area contributed by atoms with Gasteiger partial charge in [0.05, 0.1) is 12.7 Å². The lowest BCUT2D eigenvalue weighted by atomic mass is 9.87. The molecule has 2 heteroatoms. The van der Waals surface area contributed by atoms with Gasteiger partial charge in [-0.05, 0) is 24.4 Å². The summed E-state index contributed by atoms with van der Waals surface area (Å²) in [6.07, 6.45) is 8.97. The molecular weight excluding hydrogens is 246 g/mol. The number of hydrogen-bond donors (Lipinski definition) is 0. The Morgan fingerprint density at radius 3 is 2.65 bits per heavy atom. The molecule has 0 spiro atoms. The molecule has 1 saturated carbocycles. The van der Waals surface area contributed by atoms with Crippen LogP contribution in [0.2, 0.25) is 0 Å². The summed E-state index contributed by atoms with van der Waals surface area (Å²) >= 11 is 0. The molecule has 2 aliphatic rings. The van der Waals surface area contributed by atoms with Gasteiger partial charge >= 0.3 is 0 Å². The van der Waals surface area contributed by atoms with Crippen LogP contribution < -0.4 is 0 Å². The van der Waals surface area contributed by atoms with E-state index >= 15 is 0 Å². The molecule has 0 unspecified atom stereocenters. The van der Waals surface area contributed by atoms with E-state index in [9.17, 15) is 0 Å². The van der Waals surface area contributed by atoms with Crippen LogP contribution in [0, 0.1) is 5.92 Å². The van der Waals surface area contributed by atoms with E-state index in [4.69, 9.17) is 4.74 Å². The molecule has 1 aromatic rings. The summed E-state index contributed by atoms with van der Waals surface area (Å²) in [6.45, 7) is 4.31. The fourth-order valence-electron chi connectivity index (χ4n) is 3.62. The molecule has 0 radical (unpaired) electrons. The van der Waals surface area contributed by atoms with Crippen molar-refractivity contribution in [1.82, 2.24) is 4.90 Å². The average molecular weight is 273 g/mol. The zero-order chi connectivity index (χ0) is 13.6. The molecule has 1 heterocycles. The van der Waals surface area contributed by atoms with Gasteiger partial charge in [0.15, 0.2) is 0 Å². The maximum atomic E-state index is 5.94. The summed E-state index contributed by atoms with van der Waals surface area (Å²) in [7, 11) is 0. The number of nitrogens with zero attached hydrogens (tertiary/aromatic N) is 1. The molecule has 110 valence electrons. The summed E-state index contributed by atoms with van der Waals surface area (Å²) in [5.41, 5.74) is 1.33. The fourth-order valence-corrected chi connectivity index (χ4v) is 3.62. The van der Waals surface area contributed by atoms with Crippen molar-refractivity contribution in [2.75, 3.05) is 26.2 Å². The smallest absolute Gasteiger partial charge is 0.0952 e. The standard InChI is InChI=1S/C18H27NO/c1-3-7-16(8-4-1)11-12-19-13-14-20-18(15-19)17-9-5-2-6-10-17/h2,5-6,9-10,16,18H,1,3-4,7-8,11-15H2/t18-/m0/s1. The topological polar surface area (TPSA) is 12.5 Å². The van der Waals surface area contributed by atoms with Gasteiger partial charge in [-0.1, -0.05) is 62.4 Å². The van der Waals surface area contributed by atoms with Gasteiger partial charge in [-0.25, -0.2) is 0 Å². The molecule has 3 rings (SSSR count). The van der Waals surface area contributed by atoms with Crippen LogP contribution in [-0.2, 0) is 4.74 Å². The molecule has 2 fully saturated rings. The second kappa shape index (κ2) is 7.24. The fraction of sp³-hybridized carbons (Fsp3) is 0.667. The maximum Gasteiger partial charge on any atom is 0.0952 e. The second-order valence-corrected chi connectivity index (χ2v) is 6.36. The van der Waals surface area contributed by atoms with E-state index < -0.39 is 0 Å². The van der Waals surface area contributed by atoms with Crippen molar-refractivity contribution in [3.8, 4) is 0 Å². The lowest BCUT2D eigenvalue weighted by Crippen LogP contribution is -2.39. The number of rotatable bonds is 4. The molecule has 1 aromatic carbocycles. The van der Waals surface area contributed by atoms with Crippen LogP contribution in [0.1, 0.15) is 50.2 Å². The van der Waals surface area contributed by atoms with Crippen molar-refractivity contribution in [2.24, 2.45) is 5.92 Å². The molecule has 0 bridgehead atoms. The first-order valence-corrected chi connectivity index (χ1v) is 8.31. The highest BCUT2D eigenvalue weighted by Crippen LogP contribution is 2.27. The second-order valence-electron chi connectivity index (χ2n) is 6.36. The van der Waals surface area contributed by atoms with Crippen molar-refractivity contribution < 1.29 is 4.74 Å². The third-order valence-corrected chi connectivity index (χ3v) is 4.90. The first-order valence-electron chi connectivity index (χ1n) is 8.31. The van der Waals surface area contributed by atoms with Crippen molar-refractivity contribution in [2.45, 2.75) is 44.6 Å². The average Bonchev–Trinajstić information content (AvgIpc) is 2.55. The largest absolute Gasteiger partial charge is 0.371 e. The van der Waals surface area contributed by atoms with Gasteiger partial charge in [-0.15, -0.1) is 0 Å². The Balaban J connectivity index is 1.48. The normalized spacial score (nSPS) is 25.7. The van der Waals surface area contributed by atoms with E-state index in [1.54, 1.807) is 0 Å². The van der Waals surface area contributed by atoms with Crippen LogP contribution in [-0.4, -0.2) is 31.1 Å². The predicted octanol–water partition coefficient (Wildman–Crippen LogP) is 4.03. The minimum absolute atomic E-state index is 0.274. The van der Waals surface area contributed by atoms with Gasteiger partial charge in [-0.2, -0.15) is 0 Å². The lowest BCUT2D eigenvalue weighted by Gasteiger charge is -2.34. The van der Waals surface area contributed by atoms with Crippen molar-refractivity contribution in [1.29, 1.82) is 0 Å². The molecule has 1 saturated heterocycles. The lowest BCUT2D eigenvalue weighted by molar-refractivity contribution is -0.0317. The van der Waals surface area contributed by atoms with E-state index in [2.05, 4.69) is 35.2 Å². The quantitative estimate of drug-likeness (QED) is 0.821. The van der Waals surface area contributed by atoms with Gasteiger partial charge in [0.1, 0.15) is 0 Å². The highest BCUT2D eigenvalue weighted by molar-refractivity contribution is 5.18. The van der Waals surface area contributed by atoms with Gasteiger partial charge in [0.25, 0.3) is 0 Å². The van der Waals surface area contributed by atoms with Crippen LogP contribution in [0.3, 0.4) is 0 Å². The molecule has 0 N–H and O–H groups in total. The summed E-state index contributed by atoms with van der Waals surface area (Å²) in [4.78, 5) is 2.61. The Hall–Kier alpha value is -0.860. The van der Waals surface area contributed by atoms with Crippen LogP contribution in [0.5, 0.6) is 0 Å². The third kappa shape index (κ3) is 3.83. The van der Waals surface area contributed by atoms with Crippen LogP contribution in [0.4, 0.5) is 0 Å². The highest BCUT2D eigenvalue weighted by atomic mass is 16.5. The maximum absolute atomic E-state index is 5.94. The predicted molar refractivity (Wildman–Crippen MR) is 82.8 cm³/mol. The summed E-state index contributed by atoms with van der Waals surface area (Å²) in [5, 5.41) is 0. The van der Waals surface area contributed by atoms with Crippen molar-refractivity contribution in [3.63, 3.8) is 0 Å². The molecule has 1 atom stereocenters. The Labute approximate surface area is 123 Å². The molecule has 0 aromatic heterocycles.